The predicted molar refractivity (Wildman–Crippen MR) is 103 cm³/mol. The first-order valence-corrected chi connectivity index (χ1v) is 9.76. The summed E-state index contributed by atoms with van der Waals surface area (Å²) in [5, 5.41) is 3.02. The van der Waals surface area contributed by atoms with E-state index in [0.717, 1.165) is 30.8 Å². The lowest BCUT2D eigenvalue weighted by Crippen LogP contribution is -2.45. The van der Waals surface area contributed by atoms with Gasteiger partial charge >= 0.3 is 5.97 Å². The second-order valence-electron chi connectivity index (χ2n) is 7.14. The Hall–Kier alpha value is -2.24. The van der Waals surface area contributed by atoms with Crippen molar-refractivity contribution in [3.8, 4) is 11.5 Å². The van der Waals surface area contributed by atoms with Crippen molar-refractivity contribution in [1.82, 2.24) is 5.32 Å². The lowest BCUT2D eigenvalue weighted by atomic mass is 9.86. The first kappa shape index (κ1) is 21.1. The van der Waals surface area contributed by atoms with Gasteiger partial charge in [0.05, 0.1) is 13.7 Å². The zero-order chi connectivity index (χ0) is 19.6. The van der Waals surface area contributed by atoms with Crippen LogP contribution in [0.4, 0.5) is 0 Å². The summed E-state index contributed by atoms with van der Waals surface area (Å²) in [5.41, 5.74) is 0. The van der Waals surface area contributed by atoms with Crippen LogP contribution in [0.2, 0.25) is 0 Å². The van der Waals surface area contributed by atoms with Crippen molar-refractivity contribution < 1.29 is 23.8 Å². The summed E-state index contributed by atoms with van der Waals surface area (Å²) in [6, 6.07) is 7.45. The molecule has 6 nitrogen and oxygen atoms in total. The highest BCUT2D eigenvalue weighted by atomic mass is 16.5. The number of nitrogens with one attached hydrogen (secondary N) is 1. The van der Waals surface area contributed by atoms with Crippen molar-refractivity contribution in [2.45, 2.75) is 64.5 Å². The normalized spacial score (nSPS) is 20.4. The number of methoxy groups -OCH3 is 1. The molecule has 1 aromatic carbocycles. The van der Waals surface area contributed by atoms with Crippen LogP contribution in [0.25, 0.3) is 0 Å². The molecule has 0 bridgehead atoms. The third kappa shape index (κ3) is 7.12. The quantitative estimate of drug-likeness (QED) is 0.527. The van der Waals surface area contributed by atoms with Crippen molar-refractivity contribution in [2.24, 2.45) is 5.92 Å². The summed E-state index contributed by atoms with van der Waals surface area (Å²) < 4.78 is 15.9. The molecule has 1 N–H and O–H groups in total. The number of ether oxygens (including phenoxy) is 3. The number of carbonyl (C=O) groups excluding carboxylic acids is 2. The number of benzene rings is 1. The lowest BCUT2D eigenvalue weighted by Gasteiger charge is -2.30. The molecule has 0 aromatic heterocycles. The summed E-state index contributed by atoms with van der Waals surface area (Å²) in [5.74, 6) is 1.37. The van der Waals surface area contributed by atoms with E-state index in [0.29, 0.717) is 18.9 Å². The Balaban J connectivity index is 1.63. The van der Waals surface area contributed by atoms with Gasteiger partial charge in [-0.05, 0) is 56.4 Å². The van der Waals surface area contributed by atoms with Crippen molar-refractivity contribution >= 4 is 11.9 Å². The molecule has 0 saturated heterocycles. The van der Waals surface area contributed by atoms with Crippen molar-refractivity contribution in [1.29, 1.82) is 0 Å². The molecule has 1 saturated carbocycles. The second-order valence-corrected chi connectivity index (χ2v) is 7.14. The van der Waals surface area contributed by atoms with E-state index in [-0.39, 0.29) is 24.3 Å². The smallest absolute Gasteiger partial charge is 0.306 e. The third-order valence-electron chi connectivity index (χ3n) is 4.97. The first-order valence-electron chi connectivity index (χ1n) is 9.76. The summed E-state index contributed by atoms with van der Waals surface area (Å²) in [7, 11) is 1.61. The molecule has 0 radical (unpaired) electrons. The molecule has 3 atom stereocenters. The fourth-order valence-electron chi connectivity index (χ4n) is 3.22. The van der Waals surface area contributed by atoms with Crippen molar-refractivity contribution in [3.05, 3.63) is 24.3 Å². The van der Waals surface area contributed by atoms with Crippen LogP contribution in [0.15, 0.2) is 24.3 Å². The maximum absolute atomic E-state index is 12.2. The van der Waals surface area contributed by atoms with Gasteiger partial charge in [-0.15, -0.1) is 0 Å². The van der Waals surface area contributed by atoms with Crippen LogP contribution in [0.1, 0.15) is 52.4 Å². The van der Waals surface area contributed by atoms with Crippen LogP contribution in [0.5, 0.6) is 11.5 Å². The van der Waals surface area contributed by atoms with Gasteiger partial charge in [-0.2, -0.15) is 0 Å². The number of hydrogen-bond donors (Lipinski definition) is 1. The Kier molecular flexibility index (Phi) is 8.43. The van der Waals surface area contributed by atoms with Crippen molar-refractivity contribution in [3.63, 3.8) is 0 Å². The Labute approximate surface area is 161 Å². The van der Waals surface area contributed by atoms with E-state index in [1.54, 1.807) is 14.0 Å². The molecule has 1 aliphatic rings. The molecule has 1 aromatic rings. The Morgan fingerprint density at radius 3 is 2.48 bits per heavy atom. The number of rotatable bonds is 9. The summed E-state index contributed by atoms with van der Waals surface area (Å²) in [6.45, 7) is 4.18. The standard InChI is InChI=1S/C21H31NO5/c1-15-7-4-5-8-19(15)22-21(24)16(2)27-20(23)9-6-14-26-18-12-10-17(25-3)11-13-18/h10-13,15-16,19H,4-9,14H2,1-3H3,(H,22,24). The highest BCUT2D eigenvalue weighted by Crippen LogP contribution is 2.23. The molecule has 1 amide bonds. The molecule has 2 rings (SSSR count). The second kappa shape index (κ2) is 10.8. The fourth-order valence-corrected chi connectivity index (χ4v) is 3.22. The molecular formula is C21H31NO5. The van der Waals surface area contributed by atoms with E-state index >= 15 is 0 Å². The molecule has 0 heterocycles. The van der Waals surface area contributed by atoms with Crippen LogP contribution in [0, 0.1) is 5.92 Å². The molecule has 1 aliphatic carbocycles. The average molecular weight is 377 g/mol. The van der Waals surface area contributed by atoms with Crippen LogP contribution in [-0.4, -0.2) is 37.7 Å². The van der Waals surface area contributed by atoms with Gasteiger partial charge in [-0.3, -0.25) is 9.59 Å². The van der Waals surface area contributed by atoms with E-state index < -0.39 is 6.10 Å². The lowest BCUT2D eigenvalue weighted by molar-refractivity contribution is -0.155. The van der Waals surface area contributed by atoms with Crippen LogP contribution in [-0.2, 0) is 14.3 Å². The SMILES string of the molecule is COc1ccc(OCCCC(=O)OC(C)C(=O)NC2CCCCC2C)cc1. The molecular weight excluding hydrogens is 346 g/mol. The Morgan fingerprint density at radius 2 is 1.81 bits per heavy atom. The molecule has 150 valence electrons. The third-order valence-corrected chi connectivity index (χ3v) is 4.97. The highest BCUT2D eigenvalue weighted by molar-refractivity contribution is 5.83. The Morgan fingerprint density at radius 1 is 1.15 bits per heavy atom. The largest absolute Gasteiger partial charge is 0.497 e. The topological polar surface area (TPSA) is 73.9 Å². The van der Waals surface area contributed by atoms with Gasteiger partial charge in [0.25, 0.3) is 5.91 Å². The number of esters is 1. The summed E-state index contributed by atoms with van der Waals surface area (Å²) in [4.78, 5) is 24.2. The van der Waals surface area contributed by atoms with Gasteiger partial charge in [0, 0.05) is 12.5 Å². The number of hydrogen-bond acceptors (Lipinski definition) is 5. The maximum atomic E-state index is 12.2. The summed E-state index contributed by atoms with van der Waals surface area (Å²) in [6.07, 6.45) is 4.46. The Bertz CT molecular complexity index is 601. The average Bonchev–Trinajstić information content (AvgIpc) is 2.67. The minimum absolute atomic E-state index is 0.185. The van der Waals surface area contributed by atoms with E-state index in [2.05, 4.69) is 12.2 Å². The van der Waals surface area contributed by atoms with E-state index in [1.807, 2.05) is 24.3 Å². The van der Waals surface area contributed by atoms with E-state index in [4.69, 9.17) is 14.2 Å². The molecule has 27 heavy (non-hydrogen) atoms. The molecule has 1 fully saturated rings. The van der Waals surface area contributed by atoms with Crippen LogP contribution < -0.4 is 14.8 Å². The molecule has 3 unspecified atom stereocenters. The predicted octanol–water partition coefficient (Wildman–Crippen LogP) is 3.48. The highest BCUT2D eigenvalue weighted by Gasteiger charge is 2.26. The number of carbonyl (C=O) groups is 2. The van der Waals surface area contributed by atoms with Gasteiger partial charge in [-0.1, -0.05) is 19.8 Å². The van der Waals surface area contributed by atoms with Gasteiger partial charge in [0.15, 0.2) is 6.10 Å². The van der Waals surface area contributed by atoms with Crippen LogP contribution in [0.3, 0.4) is 0 Å². The fraction of sp³-hybridized carbons (Fsp3) is 0.619. The van der Waals surface area contributed by atoms with Gasteiger partial charge in [0.2, 0.25) is 0 Å². The summed E-state index contributed by atoms with van der Waals surface area (Å²) >= 11 is 0. The first-order chi connectivity index (χ1) is 13.0. The maximum Gasteiger partial charge on any atom is 0.306 e. The van der Waals surface area contributed by atoms with Gasteiger partial charge in [0.1, 0.15) is 11.5 Å². The molecule has 6 heteroatoms. The van der Waals surface area contributed by atoms with E-state index in [9.17, 15) is 9.59 Å². The van der Waals surface area contributed by atoms with Gasteiger partial charge in [-0.25, -0.2) is 0 Å². The molecule has 0 spiro atoms. The minimum Gasteiger partial charge on any atom is -0.497 e. The zero-order valence-corrected chi connectivity index (χ0v) is 16.5. The zero-order valence-electron chi connectivity index (χ0n) is 16.5. The van der Waals surface area contributed by atoms with E-state index in [1.165, 1.54) is 6.42 Å². The number of amides is 1. The molecule has 0 aliphatic heterocycles. The monoisotopic (exact) mass is 377 g/mol. The van der Waals surface area contributed by atoms with Gasteiger partial charge < -0.3 is 19.5 Å². The minimum atomic E-state index is -0.769. The van der Waals surface area contributed by atoms with Crippen molar-refractivity contribution in [2.75, 3.05) is 13.7 Å². The van der Waals surface area contributed by atoms with Crippen LogP contribution >= 0.6 is 0 Å².